The Morgan fingerprint density at radius 1 is 1.00 bits per heavy atom. The third-order valence-corrected chi connectivity index (χ3v) is 4.81. The summed E-state index contributed by atoms with van der Waals surface area (Å²) >= 11 is 13.8. The van der Waals surface area contributed by atoms with Crippen LogP contribution in [0.15, 0.2) is 47.4 Å². The Kier molecular flexibility index (Phi) is 6.43. The fraction of sp³-hybridized carbons (Fsp3) is 0.294. The third-order valence-electron chi connectivity index (χ3n) is 3.00. The molecule has 0 saturated heterocycles. The Bertz CT molecular complexity index is 599. The van der Waals surface area contributed by atoms with E-state index in [0.717, 1.165) is 12.3 Å². The first-order valence-corrected chi connectivity index (χ1v) is 8.68. The lowest BCUT2D eigenvalue weighted by Gasteiger charge is -2.09. The van der Waals surface area contributed by atoms with Gasteiger partial charge in [0.15, 0.2) is 0 Å². The van der Waals surface area contributed by atoms with Crippen LogP contribution in [-0.2, 0) is 12.3 Å². The van der Waals surface area contributed by atoms with E-state index in [9.17, 15) is 0 Å². The Morgan fingerprint density at radius 3 is 2.52 bits per heavy atom. The SMILES string of the molecule is CC(C)NCc1cccc(SCc2ccc(Cl)c(Cl)c2)c1. The van der Waals surface area contributed by atoms with Gasteiger partial charge in [0.2, 0.25) is 0 Å². The molecule has 4 heteroatoms. The predicted molar refractivity (Wildman–Crippen MR) is 94.4 cm³/mol. The summed E-state index contributed by atoms with van der Waals surface area (Å²) in [6.07, 6.45) is 0. The highest BCUT2D eigenvalue weighted by Gasteiger charge is 2.02. The zero-order chi connectivity index (χ0) is 15.2. The van der Waals surface area contributed by atoms with Gasteiger partial charge >= 0.3 is 0 Å². The molecule has 0 heterocycles. The van der Waals surface area contributed by atoms with Gasteiger partial charge in [0, 0.05) is 23.2 Å². The van der Waals surface area contributed by atoms with Crippen molar-refractivity contribution in [3.05, 3.63) is 63.6 Å². The number of nitrogens with one attached hydrogen (secondary N) is 1. The van der Waals surface area contributed by atoms with Gasteiger partial charge in [0.1, 0.15) is 0 Å². The Hall–Kier alpha value is -0.670. The second kappa shape index (κ2) is 8.09. The molecule has 0 aliphatic carbocycles. The first-order valence-electron chi connectivity index (χ1n) is 6.93. The normalized spacial score (nSPS) is 11.1. The lowest BCUT2D eigenvalue weighted by molar-refractivity contribution is 0.588. The van der Waals surface area contributed by atoms with Crippen molar-refractivity contribution in [1.29, 1.82) is 0 Å². The number of thioether (sulfide) groups is 1. The van der Waals surface area contributed by atoms with Gasteiger partial charge in [-0.1, -0.05) is 55.2 Å². The average Bonchev–Trinajstić information content (AvgIpc) is 2.47. The molecule has 2 aromatic rings. The van der Waals surface area contributed by atoms with Crippen LogP contribution in [0.5, 0.6) is 0 Å². The van der Waals surface area contributed by atoms with Crippen molar-refractivity contribution in [3.63, 3.8) is 0 Å². The van der Waals surface area contributed by atoms with E-state index in [0.29, 0.717) is 16.1 Å². The van der Waals surface area contributed by atoms with Gasteiger partial charge in [0.25, 0.3) is 0 Å². The quantitative estimate of drug-likeness (QED) is 0.669. The predicted octanol–water partition coefficient (Wildman–Crippen LogP) is 5.78. The van der Waals surface area contributed by atoms with Gasteiger partial charge in [-0.2, -0.15) is 0 Å². The largest absolute Gasteiger partial charge is 0.310 e. The number of benzene rings is 2. The molecule has 0 unspecified atom stereocenters. The van der Waals surface area contributed by atoms with Gasteiger partial charge in [-0.25, -0.2) is 0 Å². The summed E-state index contributed by atoms with van der Waals surface area (Å²) in [5.41, 5.74) is 2.49. The monoisotopic (exact) mass is 339 g/mol. The number of rotatable bonds is 6. The lowest BCUT2D eigenvalue weighted by Crippen LogP contribution is -2.21. The fourth-order valence-electron chi connectivity index (χ4n) is 1.86. The maximum absolute atomic E-state index is 6.04. The van der Waals surface area contributed by atoms with Crippen LogP contribution in [0.25, 0.3) is 0 Å². The second-order valence-electron chi connectivity index (χ2n) is 5.22. The summed E-state index contributed by atoms with van der Waals surface area (Å²) in [6.45, 7) is 5.21. The minimum absolute atomic E-state index is 0.498. The van der Waals surface area contributed by atoms with Crippen LogP contribution < -0.4 is 5.32 Å². The molecule has 0 atom stereocenters. The van der Waals surface area contributed by atoms with E-state index in [2.05, 4.69) is 43.4 Å². The summed E-state index contributed by atoms with van der Waals surface area (Å²) in [7, 11) is 0. The van der Waals surface area contributed by atoms with Crippen molar-refractivity contribution in [2.45, 2.75) is 37.1 Å². The molecule has 112 valence electrons. The van der Waals surface area contributed by atoms with Gasteiger partial charge in [0.05, 0.1) is 10.0 Å². The molecule has 0 spiro atoms. The summed E-state index contributed by atoms with van der Waals surface area (Å²) in [6, 6.07) is 14.9. The van der Waals surface area contributed by atoms with Gasteiger partial charge in [-0.15, -0.1) is 11.8 Å². The van der Waals surface area contributed by atoms with Crippen LogP contribution in [0.4, 0.5) is 0 Å². The van der Waals surface area contributed by atoms with Crippen molar-refractivity contribution in [2.24, 2.45) is 0 Å². The van der Waals surface area contributed by atoms with Crippen molar-refractivity contribution in [1.82, 2.24) is 5.32 Å². The summed E-state index contributed by atoms with van der Waals surface area (Å²) < 4.78 is 0. The van der Waals surface area contributed by atoms with Gasteiger partial charge in [-0.3, -0.25) is 0 Å². The third kappa shape index (κ3) is 5.55. The van der Waals surface area contributed by atoms with Crippen molar-refractivity contribution in [3.8, 4) is 0 Å². The average molecular weight is 340 g/mol. The zero-order valence-corrected chi connectivity index (χ0v) is 14.5. The van der Waals surface area contributed by atoms with E-state index in [1.165, 1.54) is 16.0 Å². The summed E-state index contributed by atoms with van der Waals surface area (Å²) in [5, 5.41) is 4.65. The molecule has 1 nitrogen and oxygen atoms in total. The molecule has 0 aliphatic rings. The van der Waals surface area contributed by atoms with Crippen molar-refractivity contribution < 1.29 is 0 Å². The first kappa shape index (κ1) is 16.7. The van der Waals surface area contributed by atoms with E-state index in [4.69, 9.17) is 23.2 Å². The molecular formula is C17H19Cl2NS. The van der Waals surface area contributed by atoms with Crippen molar-refractivity contribution >= 4 is 35.0 Å². The van der Waals surface area contributed by atoms with Crippen LogP contribution in [0, 0.1) is 0 Å². The van der Waals surface area contributed by atoms with E-state index in [-0.39, 0.29) is 0 Å². The molecule has 0 bridgehead atoms. The molecule has 2 aromatic carbocycles. The molecule has 0 aliphatic heterocycles. The molecule has 0 aromatic heterocycles. The highest BCUT2D eigenvalue weighted by Crippen LogP contribution is 2.28. The summed E-state index contributed by atoms with van der Waals surface area (Å²) in [4.78, 5) is 1.27. The van der Waals surface area contributed by atoms with Crippen LogP contribution in [0.2, 0.25) is 10.0 Å². The number of halogens is 2. The molecule has 21 heavy (non-hydrogen) atoms. The Labute approximate surface area is 141 Å². The number of hydrogen-bond acceptors (Lipinski definition) is 2. The first-order chi connectivity index (χ1) is 10.0. The molecule has 0 amide bonds. The zero-order valence-electron chi connectivity index (χ0n) is 12.2. The Balaban J connectivity index is 1.96. The van der Waals surface area contributed by atoms with Gasteiger partial charge < -0.3 is 5.32 Å². The smallest absolute Gasteiger partial charge is 0.0595 e. The molecule has 0 saturated carbocycles. The number of hydrogen-bond donors (Lipinski definition) is 1. The standard InChI is InChI=1S/C17H19Cl2NS/c1-12(2)20-10-13-4-3-5-15(8-13)21-11-14-6-7-16(18)17(19)9-14/h3-9,12,20H,10-11H2,1-2H3. The van der Waals surface area contributed by atoms with E-state index in [1.54, 1.807) is 11.8 Å². The van der Waals surface area contributed by atoms with E-state index in [1.807, 2.05) is 18.2 Å². The minimum Gasteiger partial charge on any atom is -0.310 e. The maximum Gasteiger partial charge on any atom is 0.0595 e. The highest BCUT2D eigenvalue weighted by molar-refractivity contribution is 7.98. The molecule has 1 N–H and O–H groups in total. The maximum atomic E-state index is 6.04. The van der Waals surface area contributed by atoms with Crippen LogP contribution in [0.1, 0.15) is 25.0 Å². The van der Waals surface area contributed by atoms with Crippen LogP contribution >= 0.6 is 35.0 Å². The molecule has 2 rings (SSSR count). The van der Waals surface area contributed by atoms with E-state index < -0.39 is 0 Å². The topological polar surface area (TPSA) is 12.0 Å². The van der Waals surface area contributed by atoms with Crippen LogP contribution in [0.3, 0.4) is 0 Å². The van der Waals surface area contributed by atoms with Gasteiger partial charge in [-0.05, 0) is 35.4 Å². The van der Waals surface area contributed by atoms with Crippen molar-refractivity contribution in [2.75, 3.05) is 0 Å². The fourth-order valence-corrected chi connectivity index (χ4v) is 3.11. The van der Waals surface area contributed by atoms with E-state index >= 15 is 0 Å². The summed E-state index contributed by atoms with van der Waals surface area (Å²) in [5.74, 6) is 0.887. The second-order valence-corrected chi connectivity index (χ2v) is 7.08. The lowest BCUT2D eigenvalue weighted by atomic mass is 10.2. The molecular weight excluding hydrogens is 321 g/mol. The molecule has 0 fully saturated rings. The molecule has 0 radical (unpaired) electrons. The minimum atomic E-state index is 0.498. The van der Waals surface area contributed by atoms with Crippen LogP contribution in [-0.4, -0.2) is 6.04 Å². The highest BCUT2D eigenvalue weighted by atomic mass is 35.5. The Morgan fingerprint density at radius 2 is 1.81 bits per heavy atom.